The van der Waals surface area contributed by atoms with Crippen molar-refractivity contribution >= 4 is 8.41 Å². The monoisotopic (exact) mass is 257 g/mol. The normalized spacial score (nSPS) is 12.7. The number of rotatable bonds is 8. The zero-order valence-corrected chi connectivity index (χ0v) is 13.6. The summed E-state index contributed by atoms with van der Waals surface area (Å²) in [5.41, 5.74) is 0. The molecule has 18 heavy (non-hydrogen) atoms. The summed E-state index contributed by atoms with van der Waals surface area (Å²) in [6, 6.07) is 0. The fraction of sp³-hybridized carbons (Fsp3) is 1.00. The van der Waals surface area contributed by atoms with Crippen LogP contribution in [0.5, 0.6) is 0 Å². The number of nitrogens with zero attached hydrogens (tertiary/aromatic N) is 1. The van der Waals surface area contributed by atoms with Gasteiger partial charge < -0.3 is 4.48 Å². The van der Waals surface area contributed by atoms with E-state index in [0.29, 0.717) is 0 Å². The molecular weight excluding hydrogens is 217 g/mol. The lowest BCUT2D eigenvalue weighted by Gasteiger charge is -2.44. The van der Waals surface area contributed by atoms with Crippen LogP contribution in [0.3, 0.4) is 0 Å². The van der Waals surface area contributed by atoms with E-state index in [1.807, 2.05) is 0 Å². The third kappa shape index (κ3) is 9.02. The molecule has 0 atom stereocenters. The first kappa shape index (κ1) is 20.3. The van der Waals surface area contributed by atoms with Crippen molar-refractivity contribution in [3.63, 3.8) is 0 Å². The Kier molecular flexibility index (Phi) is 10.2. The molecule has 2 heteroatoms. The first-order chi connectivity index (χ1) is 7.67. The fourth-order valence-electron chi connectivity index (χ4n) is 3.55. The summed E-state index contributed by atoms with van der Waals surface area (Å²) in [7, 11) is 0. The molecule has 0 radical (unpaired) electrons. The van der Waals surface area contributed by atoms with E-state index in [0.717, 1.165) is 23.7 Å². The van der Waals surface area contributed by atoms with Crippen LogP contribution in [0.15, 0.2) is 0 Å². The molecule has 0 N–H and O–H groups in total. The Labute approximate surface area is 119 Å². The van der Waals surface area contributed by atoms with Crippen molar-refractivity contribution < 1.29 is 4.48 Å². The molecule has 0 spiro atoms. The molecular formula is C16H40BN. The standard InChI is InChI=1S/C16H36N.BH4/c1-13(2)9-17(10-14(3)4,11-15(5)6)12-16(7)8;/h13-16H,9-12H2,1-8H3;1H4/q+1;-1. The third-order valence-corrected chi connectivity index (χ3v) is 3.01. The van der Waals surface area contributed by atoms with Crippen LogP contribution < -0.4 is 0 Å². The second kappa shape index (κ2) is 9.01. The molecule has 0 rings (SSSR count). The van der Waals surface area contributed by atoms with Crippen LogP contribution in [0.1, 0.15) is 55.4 Å². The van der Waals surface area contributed by atoms with Gasteiger partial charge in [-0.25, -0.2) is 0 Å². The quantitative estimate of drug-likeness (QED) is 0.463. The maximum atomic E-state index is 2.37. The Balaban J connectivity index is 0. The second-order valence-corrected chi connectivity index (χ2v) is 7.65. The van der Waals surface area contributed by atoms with Crippen LogP contribution in [0, 0.1) is 23.7 Å². The minimum absolute atomic E-state index is 0. The smallest absolute Gasteiger partial charge is 0.0810 e. The molecule has 1 nitrogen and oxygen atoms in total. The molecule has 0 aliphatic carbocycles. The van der Waals surface area contributed by atoms with Gasteiger partial charge in [-0.2, -0.15) is 0 Å². The predicted molar refractivity (Wildman–Crippen MR) is 90.4 cm³/mol. The molecule has 0 saturated heterocycles. The van der Waals surface area contributed by atoms with Gasteiger partial charge in [0, 0.05) is 23.7 Å². The molecule has 0 aromatic carbocycles. The molecule has 0 heterocycles. The van der Waals surface area contributed by atoms with Gasteiger partial charge in [0.15, 0.2) is 0 Å². The van der Waals surface area contributed by atoms with E-state index >= 15 is 0 Å². The molecule has 0 aromatic heterocycles. The van der Waals surface area contributed by atoms with Crippen molar-refractivity contribution in [1.29, 1.82) is 0 Å². The fourth-order valence-corrected chi connectivity index (χ4v) is 3.55. The van der Waals surface area contributed by atoms with Gasteiger partial charge in [0.25, 0.3) is 0 Å². The van der Waals surface area contributed by atoms with Crippen LogP contribution in [0.4, 0.5) is 0 Å². The summed E-state index contributed by atoms with van der Waals surface area (Å²) in [4.78, 5) is 0. The molecule has 0 bridgehead atoms. The zero-order chi connectivity index (χ0) is 13.6. The van der Waals surface area contributed by atoms with Crippen molar-refractivity contribution in [2.45, 2.75) is 55.4 Å². The zero-order valence-electron chi connectivity index (χ0n) is 13.6. The van der Waals surface area contributed by atoms with Crippen molar-refractivity contribution in [2.24, 2.45) is 23.7 Å². The van der Waals surface area contributed by atoms with Gasteiger partial charge in [-0.05, 0) is 0 Å². The lowest BCUT2D eigenvalue weighted by molar-refractivity contribution is -0.938. The molecule has 0 aliphatic heterocycles. The summed E-state index contributed by atoms with van der Waals surface area (Å²) < 4.78 is 1.32. The van der Waals surface area contributed by atoms with Crippen molar-refractivity contribution in [3.8, 4) is 0 Å². The van der Waals surface area contributed by atoms with E-state index < -0.39 is 0 Å². The molecule has 0 unspecified atom stereocenters. The summed E-state index contributed by atoms with van der Waals surface area (Å²) in [6.07, 6.45) is 0. The van der Waals surface area contributed by atoms with Gasteiger partial charge in [-0.1, -0.05) is 63.8 Å². The van der Waals surface area contributed by atoms with Crippen LogP contribution in [0.25, 0.3) is 0 Å². The highest BCUT2D eigenvalue weighted by atomic mass is 15.4. The highest BCUT2D eigenvalue weighted by Gasteiger charge is 2.31. The first-order valence-corrected chi connectivity index (χ1v) is 7.52. The minimum Gasteiger partial charge on any atom is -0.323 e. The van der Waals surface area contributed by atoms with Gasteiger partial charge in [-0.3, -0.25) is 0 Å². The van der Waals surface area contributed by atoms with Crippen molar-refractivity contribution in [3.05, 3.63) is 0 Å². The summed E-state index contributed by atoms with van der Waals surface area (Å²) in [5.74, 6) is 3.19. The highest BCUT2D eigenvalue weighted by Crippen LogP contribution is 2.21. The van der Waals surface area contributed by atoms with Gasteiger partial charge in [0.05, 0.1) is 26.2 Å². The summed E-state index contributed by atoms with van der Waals surface area (Å²) in [5, 5.41) is 0. The number of quaternary nitrogens is 1. The maximum absolute atomic E-state index is 2.37. The average molecular weight is 257 g/mol. The second-order valence-electron chi connectivity index (χ2n) is 7.65. The van der Waals surface area contributed by atoms with E-state index in [1.165, 1.54) is 30.7 Å². The largest absolute Gasteiger partial charge is 0.323 e. The van der Waals surface area contributed by atoms with Gasteiger partial charge in [0.2, 0.25) is 0 Å². The molecule has 0 aliphatic rings. The number of hydrogen-bond acceptors (Lipinski definition) is 0. The van der Waals surface area contributed by atoms with E-state index in [9.17, 15) is 0 Å². The molecule has 0 aromatic rings. The summed E-state index contributed by atoms with van der Waals surface area (Å²) >= 11 is 0. The van der Waals surface area contributed by atoms with Gasteiger partial charge in [0.1, 0.15) is 0 Å². The first-order valence-electron chi connectivity index (χ1n) is 7.52. The SMILES string of the molecule is CC(C)C[N+](CC(C)C)(CC(C)C)CC(C)C.[BH4-]. The highest BCUT2D eigenvalue weighted by molar-refractivity contribution is 5.75. The average Bonchev–Trinajstić information content (AvgIpc) is 1.95. The van der Waals surface area contributed by atoms with E-state index in [1.54, 1.807) is 0 Å². The lowest BCUT2D eigenvalue weighted by atomic mass is 10.0. The Morgan fingerprint density at radius 1 is 0.500 bits per heavy atom. The van der Waals surface area contributed by atoms with Gasteiger partial charge >= 0.3 is 0 Å². The molecule has 0 saturated carbocycles. The third-order valence-electron chi connectivity index (χ3n) is 3.01. The summed E-state index contributed by atoms with van der Waals surface area (Å²) in [6.45, 7) is 24.3. The Hall–Kier alpha value is 0.0249. The van der Waals surface area contributed by atoms with E-state index in [2.05, 4.69) is 55.4 Å². The van der Waals surface area contributed by atoms with Gasteiger partial charge in [-0.15, -0.1) is 0 Å². The maximum Gasteiger partial charge on any atom is 0.0810 e. The van der Waals surface area contributed by atoms with Crippen LogP contribution in [-0.2, 0) is 0 Å². The Morgan fingerprint density at radius 3 is 0.778 bits per heavy atom. The van der Waals surface area contributed by atoms with Crippen LogP contribution in [0.2, 0.25) is 0 Å². The van der Waals surface area contributed by atoms with Crippen molar-refractivity contribution in [1.82, 2.24) is 0 Å². The van der Waals surface area contributed by atoms with Crippen LogP contribution in [-0.4, -0.2) is 39.1 Å². The molecule has 112 valence electrons. The van der Waals surface area contributed by atoms with Crippen LogP contribution >= 0.6 is 0 Å². The Morgan fingerprint density at radius 2 is 0.667 bits per heavy atom. The van der Waals surface area contributed by atoms with Crippen molar-refractivity contribution in [2.75, 3.05) is 26.2 Å². The Bertz CT molecular complexity index is 152. The molecule has 0 amide bonds. The van der Waals surface area contributed by atoms with E-state index in [4.69, 9.17) is 0 Å². The predicted octanol–water partition coefficient (Wildman–Crippen LogP) is 2.98. The number of hydrogen-bond donors (Lipinski definition) is 0. The molecule has 0 fully saturated rings. The lowest BCUT2D eigenvalue weighted by Crippen LogP contribution is -2.56. The minimum atomic E-state index is 0. The topological polar surface area (TPSA) is 0 Å². The van der Waals surface area contributed by atoms with E-state index in [-0.39, 0.29) is 8.41 Å².